The molecule has 1 aromatic carbocycles. The van der Waals surface area contributed by atoms with Crippen LogP contribution in [0.25, 0.3) is 22.3 Å². The highest BCUT2D eigenvalue weighted by Crippen LogP contribution is 2.36. The summed E-state index contributed by atoms with van der Waals surface area (Å²) in [6.45, 7) is 7.32. The molecule has 1 fully saturated rings. The second-order valence-corrected chi connectivity index (χ2v) is 8.77. The van der Waals surface area contributed by atoms with Crippen molar-refractivity contribution in [2.24, 2.45) is 0 Å². The van der Waals surface area contributed by atoms with Crippen molar-refractivity contribution in [3.05, 3.63) is 66.9 Å². The number of likely N-dealkylation sites (tertiary alicyclic amines) is 1. The number of ether oxygens (including phenoxy) is 1. The van der Waals surface area contributed by atoms with E-state index in [4.69, 9.17) is 4.74 Å². The highest BCUT2D eigenvalue weighted by atomic mass is 19.3. The first-order valence-electron chi connectivity index (χ1n) is 12.0. The molecule has 1 N–H and O–H groups in total. The Morgan fingerprint density at radius 3 is 2.68 bits per heavy atom. The molecule has 4 heterocycles. The number of aryl methyl sites for hydroxylation is 1. The van der Waals surface area contributed by atoms with Gasteiger partial charge in [0, 0.05) is 24.3 Å². The van der Waals surface area contributed by atoms with Crippen molar-refractivity contribution in [1.82, 2.24) is 34.8 Å². The molecule has 1 aliphatic heterocycles. The van der Waals surface area contributed by atoms with Crippen LogP contribution in [0.3, 0.4) is 0 Å². The molecule has 0 saturated carbocycles. The maximum atomic E-state index is 13.4. The lowest BCUT2D eigenvalue weighted by molar-refractivity contribution is -0.126. The van der Waals surface area contributed by atoms with Crippen LogP contribution in [0.1, 0.15) is 50.7 Å². The maximum Gasteiger partial charge on any atom is 0.320 e. The van der Waals surface area contributed by atoms with Gasteiger partial charge in [-0.1, -0.05) is 12.6 Å². The SMILES string of the molecule is C=CC(=O)N1CCC[C@H]1C.Cc1n[nH]nc1-c1cc(O[C@H](C)c2ccccn2)c2c(c1)ncn2C(F)F. The van der Waals surface area contributed by atoms with E-state index in [9.17, 15) is 13.6 Å². The van der Waals surface area contributed by atoms with Gasteiger partial charge in [0.05, 0.1) is 16.9 Å². The van der Waals surface area contributed by atoms with Gasteiger partial charge >= 0.3 is 6.55 Å². The smallest absolute Gasteiger partial charge is 0.320 e. The van der Waals surface area contributed by atoms with Gasteiger partial charge in [-0.05, 0) is 64.0 Å². The van der Waals surface area contributed by atoms with E-state index in [0.29, 0.717) is 34.2 Å². The van der Waals surface area contributed by atoms with E-state index in [1.807, 2.05) is 24.0 Å². The second kappa shape index (κ2) is 11.3. The number of carbonyl (C=O) groups excluding carboxylic acids is 1. The number of fused-ring (bicyclic) bond motifs is 1. The lowest BCUT2D eigenvalue weighted by atomic mass is 10.1. The fourth-order valence-electron chi connectivity index (χ4n) is 4.31. The number of nitrogens with one attached hydrogen (secondary N) is 1. The molecule has 37 heavy (non-hydrogen) atoms. The Bertz CT molecular complexity index is 1370. The molecule has 5 rings (SSSR count). The number of rotatable bonds is 6. The van der Waals surface area contributed by atoms with Gasteiger partial charge in [0.2, 0.25) is 5.91 Å². The van der Waals surface area contributed by atoms with Gasteiger partial charge < -0.3 is 9.64 Å². The number of aromatic amines is 1. The Morgan fingerprint density at radius 1 is 1.27 bits per heavy atom. The molecule has 0 unspecified atom stereocenters. The third-order valence-corrected chi connectivity index (χ3v) is 6.26. The van der Waals surface area contributed by atoms with Crippen molar-refractivity contribution in [3.63, 3.8) is 0 Å². The van der Waals surface area contributed by atoms with Crippen molar-refractivity contribution in [1.29, 1.82) is 0 Å². The third kappa shape index (κ3) is 5.65. The minimum absolute atomic E-state index is 0.0741. The van der Waals surface area contributed by atoms with Crippen molar-refractivity contribution in [2.45, 2.75) is 52.3 Å². The third-order valence-electron chi connectivity index (χ3n) is 6.26. The van der Waals surface area contributed by atoms with Crippen LogP contribution in [0, 0.1) is 6.92 Å². The van der Waals surface area contributed by atoms with Crippen molar-refractivity contribution >= 4 is 16.9 Å². The number of amides is 1. The molecule has 1 saturated heterocycles. The molecular weight excluding hydrogens is 480 g/mol. The van der Waals surface area contributed by atoms with E-state index >= 15 is 0 Å². The number of halogens is 2. The number of pyridine rings is 1. The summed E-state index contributed by atoms with van der Waals surface area (Å²) in [6.07, 6.45) is 5.99. The van der Waals surface area contributed by atoms with Gasteiger partial charge in [0.25, 0.3) is 0 Å². The molecule has 194 valence electrons. The minimum Gasteiger partial charge on any atom is -0.482 e. The summed E-state index contributed by atoms with van der Waals surface area (Å²) in [4.78, 5) is 21.3. The summed E-state index contributed by atoms with van der Waals surface area (Å²) in [5.74, 6) is 0.353. The van der Waals surface area contributed by atoms with E-state index in [1.54, 1.807) is 31.3 Å². The zero-order chi connectivity index (χ0) is 26.5. The largest absolute Gasteiger partial charge is 0.482 e. The molecule has 1 amide bonds. The first-order chi connectivity index (χ1) is 17.8. The molecule has 3 aromatic heterocycles. The average Bonchev–Trinajstić information content (AvgIpc) is 3.64. The Morgan fingerprint density at radius 2 is 2.08 bits per heavy atom. The number of H-pyrrole nitrogens is 1. The molecule has 2 atom stereocenters. The molecule has 0 spiro atoms. The molecule has 1 aliphatic rings. The summed E-state index contributed by atoms with van der Waals surface area (Å²) in [6, 6.07) is 9.25. The monoisotopic (exact) mass is 509 g/mol. The molecule has 9 nitrogen and oxygen atoms in total. The van der Waals surface area contributed by atoms with Crippen LogP contribution in [0.2, 0.25) is 0 Å². The van der Waals surface area contributed by atoms with Crippen molar-refractivity contribution < 1.29 is 18.3 Å². The van der Waals surface area contributed by atoms with Crippen molar-refractivity contribution in [3.8, 4) is 17.0 Å². The number of nitrogens with zero attached hydrogens (tertiary/aromatic N) is 6. The summed E-state index contributed by atoms with van der Waals surface area (Å²) in [5, 5.41) is 10.7. The molecule has 4 aromatic rings. The van der Waals surface area contributed by atoms with Crippen LogP contribution in [-0.2, 0) is 4.79 Å². The van der Waals surface area contributed by atoms with Gasteiger partial charge in [-0.25, -0.2) is 4.98 Å². The van der Waals surface area contributed by atoms with Crippen molar-refractivity contribution in [2.75, 3.05) is 6.54 Å². The normalized spacial score (nSPS) is 15.9. The van der Waals surface area contributed by atoms with E-state index in [0.717, 1.165) is 30.3 Å². The number of aromatic nitrogens is 6. The van der Waals surface area contributed by atoms with Gasteiger partial charge in [0.15, 0.2) is 0 Å². The van der Waals surface area contributed by atoms with Gasteiger partial charge in [-0.3, -0.25) is 14.3 Å². The average molecular weight is 510 g/mol. The molecule has 0 radical (unpaired) electrons. The lowest BCUT2D eigenvalue weighted by Crippen LogP contribution is -2.31. The molecule has 0 bridgehead atoms. The number of hydrogen-bond donors (Lipinski definition) is 1. The number of hydrogen-bond acceptors (Lipinski definition) is 6. The summed E-state index contributed by atoms with van der Waals surface area (Å²) >= 11 is 0. The first-order valence-corrected chi connectivity index (χ1v) is 12.0. The Kier molecular flexibility index (Phi) is 7.90. The predicted molar refractivity (Wildman–Crippen MR) is 135 cm³/mol. The van der Waals surface area contributed by atoms with Gasteiger partial charge in [0.1, 0.15) is 29.4 Å². The Labute approximate surface area is 213 Å². The summed E-state index contributed by atoms with van der Waals surface area (Å²) < 4.78 is 33.7. The summed E-state index contributed by atoms with van der Waals surface area (Å²) in [5.41, 5.74) is 3.27. The maximum absolute atomic E-state index is 13.4. The number of benzene rings is 1. The van der Waals surface area contributed by atoms with Crippen LogP contribution < -0.4 is 4.74 Å². The Hall–Kier alpha value is -4.15. The number of carbonyl (C=O) groups is 1. The number of imidazole rings is 1. The van der Waals surface area contributed by atoms with Crippen LogP contribution in [-0.4, -0.2) is 53.3 Å². The van der Waals surface area contributed by atoms with Crippen LogP contribution in [0.15, 0.2) is 55.5 Å². The predicted octanol–water partition coefficient (Wildman–Crippen LogP) is 5.24. The van der Waals surface area contributed by atoms with E-state index < -0.39 is 12.7 Å². The Balaban J connectivity index is 0.000000270. The molecule has 0 aliphatic carbocycles. The topological polar surface area (TPSA) is 102 Å². The first kappa shape index (κ1) is 25.9. The molecule has 11 heteroatoms. The fourth-order valence-corrected chi connectivity index (χ4v) is 4.31. The van der Waals surface area contributed by atoms with E-state index in [2.05, 4.69) is 38.9 Å². The quantitative estimate of drug-likeness (QED) is 0.357. The van der Waals surface area contributed by atoms with Crippen LogP contribution >= 0.6 is 0 Å². The number of alkyl halides is 2. The second-order valence-electron chi connectivity index (χ2n) is 8.77. The fraction of sp³-hybridized carbons (Fsp3) is 0.346. The van der Waals surface area contributed by atoms with E-state index in [-0.39, 0.29) is 17.2 Å². The highest BCUT2D eigenvalue weighted by molar-refractivity contribution is 5.88. The lowest BCUT2D eigenvalue weighted by Gasteiger charge is -2.18. The summed E-state index contributed by atoms with van der Waals surface area (Å²) in [7, 11) is 0. The van der Waals surface area contributed by atoms with Crippen LogP contribution in [0.5, 0.6) is 5.75 Å². The van der Waals surface area contributed by atoms with Crippen LogP contribution in [0.4, 0.5) is 8.78 Å². The molecular formula is C26H29F2N7O2. The van der Waals surface area contributed by atoms with Gasteiger partial charge in [-0.15, -0.1) is 0 Å². The zero-order valence-electron chi connectivity index (χ0n) is 20.9. The van der Waals surface area contributed by atoms with E-state index in [1.165, 1.54) is 6.08 Å². The minimum atomic E-state index is -2.73. The zero-order valence-corrected chi connectivity index (χ0v) is 20.9. The standard InChI is InChI=1S/C18H16F2N6O.C8H13NO/c1-10-16(24-25-23-10)12-7-14-17(26(9-22-14)18(19)20)15(8-12)27-11(2)13-5-3-4-6-21-13;1-3-8(10)9-6-4-5-7(9)2/h3-9,11,18H,1-2H3,(H,23,24,25);3,7H,1,4-6H2,2H3/t11-;7-/m11/s1. The highest BCUT2D eigenvalue weighted by Gasteiger charge is 2.23. The van der Waals surface area contributed by atoms with Gasteiger partial charge in [-0.2, -0.15) is 24.2 Å².